The quantitative estimate of drug-likeness (QED) is 0.659. The zero-order valence-electron chi connectivity index (χ0n) is 15.0. The Kier molecular flexibility index (Phi) is 5.80. The number of nitriles is 1. The number of pyridine rings is 2. The third kappa shape index (κ3) is 4.50. The standard InChI is InChI=1S/C20H20N6O/c1-26(14-16-5-2-8-18-17(16)7-4-9-22-18)20(27)25-12-11-24-19-15(13-21)6-3-10-23-19/h2-10H,11-12,14H2,1H3,(H,23,24)(H,25,27). The first-order valence-corrected chi connectivity index (χ1v) is 8.59. The van der Waals surface area contributed by atoms with Gasteiger partial charge in [0.25, 0.3) is 0 Å². The molecule has 2 heterocycles. The van der Waals surface area contributed by atoms with Gasteiger partial charge in [0.05, 0.1) is 11.1 Å². The van der Waals surface area contributed by atoms with E-state index >= 15 is 0 Å². The number of hydrogen-bond donors (Lipinski definition) is 2. The van der Waals surface area contributed by atoms with E-state index in [4.69, 9.17) is 5.26 Å². The van der Waals surface area contributed by atoms with Crippen molar-refractivity contribution in [1.82, 2.24) is 20.2 Å². The highest BCUT2D eigenvalue weighted by atomic mass is 16.2. The minimum absolute atomic E-state index is 0.167. The summed E-state index contributed by atoms with van der Waals surface area (Å²) in [5.41, 5.74) is 2.44. The van der Waals surface area contributed by atoms with Crippen molar-refractivity contribution in [3.63, 3.8) is 0 Å². The van der Waals surface area contributed by atoms with E-state index in [-0.39, 0.29) is 6.03 Å². The minimum atomic E-state index is -0.167. The number of carbonyl (C=O) groups excluding carboxylic acids is 1. The van der Waals surface area contributed by atoms with Gasteiger partial charge in [-0.15, -0.1) is 0 Å². The van der Waals surface area contributed by atoms with E-state index in [1.807, 2.05) is 30.3 Å². The fourth-order valence-electron chi connectivity index (χ4n) is 2.75. The molecule has 27 heavy (non-hydrogen) atoms. The number of anilines is 1. The lowest BCUT2D eigenvalue weighted by Gasteiger charge is -2.19. The second-order valence-electron chi connectivity index (χ2n) is 6.01. The summed E-state index contributed by atoms with van der Waals surface area (Å²) in [6.45, 7) is 1.38. The summed E-state index contributed by atoms with van der Waals surface area (Å²) in [4.78, 5) is 22.4. The lowest BCUT2D eigenvalue weighted by atomic mass is 10.1. The van der Waals surface area contributed by atoms with Crippen molar-refractivity contribution in [1.29, 1.82) is 5.26 Å². The zero-order chi connectivity index (χ0) is 19.1. The predicted molar refractivity (Wildman–Crippen MR) is 104 cm³/mol. The molecule has 0 aliphatic rings. The molecule has 7 heteroatoms. The van der Waals surface area contributed by atoms with Crippen LogP contribution in [0.2, 0.25) is 0 Å². The van der Waals surface area contributed by atoms with Gasteiger partial charge in [0, 0.05) is 44.5 Å². The molecule has 2 amide bonds. The maximum atomic E-state index is 12.3. The van der Waals surface area contributed by atoms with Gasteiger partial charge in [0.2, 0.25) is 0 Å². The number of amides is 2. The fourth-order valence-corrected chi connectivity index (χ4v) is 2.75. The van der Waals surface area contributed by atoms with Crippen LogP contribution in [0.4, 0.5) is 10.6 Å². The topological polar surface area (TPSA) is 93.9 Å². The van der Waals surface area contributed by atoms with Crippen molar-refractivity contribution in [3.8, 4) is 6.07 Å². The number of urea groups is 1. The molecule has 0 atom stereocenters. The molecular weight excluding hydrogens is 340 g/mol. The molecule has 0 aliphatic carbocycles. The van der Waals surface area contributed by atoms with Gasteiger partial charge in [-0.05, 0) is 29.8 Å². The number of benzene rings is 1. The molecule has 2 N–H and O–H groups in total. The monoisotopic (exact) mass is 360 g/mol. The lowest BCUT2D eigenvalue weighted by molar-refractivity contribution is 0.207. The molecular formula is C20H20N6O. The van der Waals surface area contributed by atoms with Crippen LogP contribution < -0.4 is 10.6 Å². The van der Waals surface area contributed by atoms with Crippen molar-refractivity contribution in [2.24, 2.45) is 0 Å². The molecule has 2 aromatic heterocycles. The van der Waals surface area contributed by atoms with Gasteiger partial charge in [-0.2, -0.15) is 5.26 Å². The molecule has 0 radical (unpaired) electrons. The second kappa shape index (κ2) is 8.63. The largest absolute Gasteiger partial charge is 0.367 e. The summed E-state index contributed by atoms with van der Waals surface area (Å²) in [5, 5.41) is 16.0. The number of hydrogen-bond acceptors (Lipinski definition) is 5. The van der Waals surface area contributed by atoms with Crippen LogP contribution >= 0.6 is 0 Å². The van der Waals surface area contributed by atoms with E-state index in [1.54, 1.807) is 36.5 Å². The van der Waals surface area contributed by atoms with Gasteiger partial charge in [-0.1, -0.05) is 18.2 Å². The van der Waals surface area contributed by atoms with E-state index in [0.29, 0.717) is 31.0 Å². The van der Waals surface area contributed by atoms with Crippen LogP contribution in [0.15, 0.2) is 54.9 Å². The Labute approximate surface area is 157 Å². The smallest absolute Gasteiger partial charge is 0.317 e. The lowest BCUT2D eigenvalue weighted by Crippen LogP contribution is -2.39. The Morgan fingerprint density at radius 3 is 2.78 bits per heavy atom. The van der Waals surface area contributed by atoms with Crippen LogP contribution in [-0.4, -0.2) is 41.0 Å². The maximum absolute atomic E-state index is 12.3. The fraction of sp³-hybridized carbons (Fsp3) is 0.200. The number of rotatable bonds is 6. The molecule has 0 bridgehead atoms. The minimum Gasteiger partial charge on any atom is -0.367 e. The first-order valence-electron chi connectivity index (χ1n) is 8.59. The molecule has 136 valence electrons. The van der Waals surface area contributed by atoms with Crippen molar-refractivity contribution in [3.05, 3.63) is 66.0 Å². The number of fused-ring (bicyclic) bond motifs is 1. The predicted octanol–water partition coefficient (Wildman–Crippen LogP) is 2.75. The summed E-state index contributed by atoms with van der Waals surface area (Å²) in [6, 6.07) is 15.1. The number of carbonyl (C=O) groups is 1. The first kappa shape index (κ1) is 18.1. The molecule has 0 unspecified atom stereocenters. The van der Waals surface area contributed by atoms with Crippen molar-refractivity contribution in [2.75, 3.05) is 25.5 Å². The molecule has 0 fully saturated rings. The molecule has 3 aromatic rings. The van der Waals surface area contributed by atoms with Gasteiger partial charge in [0.15, 0.2) is 0 Å². The van der Waals surface area contributed by atoms with Crippen molar-refractivity contribution < 1.29 is 4.79 Å². The average Bonchev–Trinajstić information content (AvgIpc) is 2.71. The molecule has 7 nitrogen and oxygen atoms in total. The highest BCUT2D eigenvalue weighted by Crippen LogP contribution is 2.17. The number of nitrogens with one attached hydrogen (secondary N) is 2. The molecule has 1 aromatic carbocycles. The Hall–Kier alpha value is -3.66. The summed E-state index contributed by atoms with van der Waals surface area (Å²) in [7, 11) is 1.75. The van der Waals surface area contributed by atoms with Crippen molar-refractivity contribution in [2.45, 2.75) is 6.54 Å². The zero-order valence-corrected chi connectivity index (χ0v) is 15.0. The van der Waals surface area contributed by atoms with Gasteiger partial charge in [-0.3, -0.25) is 4.98 Å². The van der Waals surface area contributed by atoms with E-state index in [0.717, 1.165) is 16.5 Å². The second-order valence-corrected chi connectivity index (χ2v) is 6.01. The highest BCUT2D eigenvalue weighted by Gasteiger charge is 2.10. The first-order chi connectivity index (χ1) is 13.2. The highest BCUT2D eigenvalue weighted by molar-refractivity contribution is 5.82. The van der Waals surface area contributed by atoms with E-state index < -0.39 is 0 Å². The Morgan fingerprint density at radius 1 is 1.11 bits per heavy atom. The van der Waals surface area contributed by atoms with Gasteiger partial charge in [0.1, 0.15) is 11.9 Å². The molecule has 0 spiro atoms. The van der Waals surface area contributed by atoms with Crippen LogP contribution in [0.25, 0.3) is 10.9 Å². The Balaban J connectivity index is 1.51. The Bertz CT molecular complexity index is 976. The number of aromatic nitrogens is 2. The summed E-state index contributed by atoms with van der Waals surface area (Å²) < 4.78 is 0. The van der Waals surface area contributed by atoms with Crippen LogP contribution in [0, 0.1) is 11.3 Å². The van der Waals surface area contributed by atoms with Crippen LogP contribution in [0.5, 0.6) is 0 Å². The van der Waals surface area contributed by atoms with E-state index in [1.165, 1.54) is 0 Å². The van der Waals surface area contributed by atoms with E-state index in [9.17, 15) is 4.79 Å². The van der Waals surface area contributed by atoms with E-state index in [2.05, 4.69) is 26.7 Å². The van der Waals surface area contributed by atoms with Crippen molar-refractivity contribution >= 4 is 22.8 Å². The van der Waals surface area contributed by atoms with Gasteiger partial charge >= 0.3 is 6.03 Å². The summed E-state index contributed by atoms with van der Waals surface area (Å²) in [6.07, 6.45) is 3.38. The SMILES string of the molecule is CN(Cc1cccc2ncccc12)C(=O)NCCNc1ncccc1C#N. The van der Waals surface area contributed by atoms with Crippen LogP contribution in [0.1, 0.15) is 11.1 Å². The van der Waals surface area contributed by atoms with Gasteiger partial charge in [-0.25, -0.2) is 9.78 Å². The average molecular weight is 360 g/mol. The summed E-state index contributed by atoms with van der Waals surface area (Å²) >= 11 is 0. The van der Waals surface area contributed by atoms with Gasteiger partial charge < -0.3 is 15.5 Å². The van der Waals surface area contributed by atoms with Crippen LogP contribution in [0.3, 0.4) is 0 Å². The third-order valence-electron chi connectivity index (χ3n) is 4.11. The molecule has 3 rings (SSSR count). The molecule has 0 saturated carbocycles. The molecule has 0 aliphatic heterocycles. The summed E-state index contributed by atoms with van der Waals surface area (Å²) in [5.74, 6) is 0.519. The number of nitrogens with zero attached hydrogens (tertiary/aromatic N) is 4. The van der Waals surface area contributed by atoms with Crippen LogP contribution in [-0.2, 0) is 6.54 Å². The third-order valence-corrected chi connectivity index (χ3v) is 4.11. The normalized spacial score (nSPS) is 10.2. The Morgan fingerprint density at radius 2 is 1.93 bits per heavy atom. The molecule has 0 saturated heterocycles. The maximum Gasteiger partial charge on any atom is 0.317 e.